The van der Waals surface area contributed by atoms with E-state index in [9.17, 15) is 4.79 Å². The molecule has 21 heavy (non-hydrogen) atoms. The smallest absolute Gasteiger partial charge is 0.318 e. The molecule has 5 heteroatoms. The Labute approximate surface area is 123 Å². The van der Waals surface area contributed by atoms with Gasteiger partial charge in [0.05, 0.1) is 6.54 Å². The number of oxazole rings is 1. The van der Waals surface area contributed by atoms with E-state index in [1.54, 1.807) is 4.90 Å². The Morgan fingerprint density at radius 1 is 1.43 bits per heavy atom. The van der Waals surface area contributed by atoms with Gasteiger partial charge in [-0.15, -0.1) is 6.42 Å². The molecule has 0 saturated carbocycles. The van der Waals surface area contributed by atoms with Crippen LogP contribution in [0.4, 0.5) is 4.79 Å². The summed E-state index contributed by atoms with van der Waals surface area (Å²) in [5.41, 5.74) is 1.71. The number of hydrogen-bond donors (Lipinski definition) is 1. The molecule has 5 nitrogen and oxygen atoms in total. The SMILES string of the molecule is C#CCNC(=O)N1CCC(c2nc3ccccc3o2)CC1. The van der Waals surface area contributed by atoms with Gasteiger partial charge in [0.1, 0.15) is 5.52 Å². The Hall–Kier alpha value is -2.48. The highest BCUT2D eigenvalue weighted by Gasteiger charge is 2.26. The number of hydrogen-bond acceptors (Lipinski definition) is 3. The van der Waals surface area contributed by atoms with Gasteiger partial charge in [-0.25, -0.2) is 9.78 Å². The molecule has 0 radical (unpaired) electrons. The molecule has 1 saturated heterocycles. The van der Waals surface area contributed by atoms with Gasteiger partial charge in [-0.3, -0.25) is 0 Å². The molecule has 1 N–H and O–H groups in total. The molecule has 0 unspecified atom stereocenters. The van der Waals surface area contributed by atoms with E-state index >= 15 is 0 Å². The van der Waals surface area contributed by atoms with Gasteiger partial charge < -0.3 is 14.6 Å². The van der Waals surface area contributed by atoms with Crippen LogP contribution in [0.5, 0.6) is 0 Å². The number of nitrogens with zero attached hydrogens (tertiary/aromatic N) is 2. The fourth-order valence-corrected chi connectivity index (χ4v) is 2.63. The number of rotatable bonds is 2. The third kappa shape index (κ3) is 2.84. The number of likely N-dealkylation sites (tertiary alicyclic amines) is 1. The third-order valence-electron chi connectivity index (χ3n) is 3.78. The minimum atomic E-state index is -0.0936. The van der Waals surface area contributed by atoms with Crippen molar-refractivity contribution in [2.75, 3.05) is 19.6 Å². The second kappa shape index (κ2) is 5.88. The highest BCUT2D eigenvalue weighted by Crippen LogP contribution is 2.29. The molecule has 1 aromatic heterocycles. The van der Waals surface area contributed by atoms with E-state index in [2.05, 4.69) is 16.2 Å². The second-order valence-corrected chi connectivity index (χ2v) is 5.14. The average molecular weight is 283 g/mol. The first-order valence-corrected chi connectivity index (χ1v) is 7.09. The molecule has 0 atom stereocenters. The fourth-order valence-electron chi connectivity index (χ4n) is 2.63. The van der Waals surface area contributed by atoms with Crippen molar-refractivity contribution < 1.29 is 9.21 Å². The van der Waals surface area contributed by atoms with E-state index in [4.69, 9.17) is 10.8 Å². The number of urea groups is 1. The number of terminal acetylenes is 1. The molecule has 0 spiro atoms. The lowest BCUT2D eigenvalue weighted by Gasteiger charge is -2.30. The topological polar surface area (TPSA) is 58.4 Å². The van der Waals surface area contributed by atoms with Gasteiger partial charge in [-0.2, -0.15) is 0 Å². The van der Waals surface area contributed by atoms with E-state index in [0.717, 1.165) is 29.8 Å². The number of amides is 2. The van der Waals surface area contributed by atoms with Crippen LogP contribution in [0.15, 0.2) is 28.7 Å². The van der Waals surface area contributed by atoms with Crippen LogP contribution < -0.4 is 5.32 Å². The molecular weight excluding hydrogens is 266 g/mol. The Morgan fingerprint density at radius 2 is 2.19 bits per heavy atom. The van der Waals surface area contributed by atoms with Crippen LogP contribution in [-0.4, -0.2) is 35.5 Å². The summed E-state index contributed by atoms with van der Waals surface area (Å²) in [4.78, 5) is 18.2. The zero-order valence-electron chi connectivity index (χ0n) is 11.7. The van der Waals surface area contributed by atoms with Crippen molar-refractivity contribution in [3.05, 3.63) is 30.2 Å². The summed E-state index contributed by atoms with van der Waals surface area (Å²) in [7, 11) is 0. The molecule has 0 bridgehead atoms. The number of aromatic nitrogens is 1. The van der Waals surface area contributed by atoms with Crippen molar-refractivity contribution >= 4 is 17.1 Å². The maximum Gasteiger partial charge on any atom is 0.318 e. The molecule has 3 rings (SSSR count). The number of carbonyl (C=O) groups excluding carboxylic acids is 1. The lowest BCUT2D eigenvalue weighted by atomic mass is 9.97. The van der Waals surface area contributed by atoms with Crippen molar-refractivity contribution in [2.24, 2.45) is 0 Å². The summed E-state index contributed by atoms with van der Waals surface area (Å²) in [6, 6.07) is 7.67. The summed E-state index contributed by atoms with van der Waals surface area (Å²) < 4.78 is 5.81. The molecule has 1 aliphatic rings. The molecule has 1 fully saturated rings. The van der Waals surface area contributed by atoms with Gasteiger partial charge in [0.15, 0.2) is 11.5 Å². The van der Waals surface area contributed by atoms with Crippen molar-refractivity contribution in [1.82, 2.24) is 15.2 Å². The van der Waals surface area contributed by atoms with E-state index in [0.29, 0.717) is 13.1 Å². The summed E-state index contributed by atoms with van der Waals surface area (Å²) in [5, 5.41) is 2.69. The van der Waals surface area contributed by atoms with Crippen molar-refractivity contribution in [1.29, 1.82) is 0 Å². The van der Waals surface area contributed by atoms with E-state index in [1.807, 2.05) is 24.3 Å². The summed E-state index contributed by atoms with van der Waals surface area (Å²) >= 11 is 0. The van der Waals surface area contributed by atoms with E-state index < -0.39 is 0 Å². The molecule has 1 aromatic carbocycles. The maximum atomic E-state index is 11.8. The van der Waals surface area contributed by atoms with Crippen molar-refractivity contribution in [2.45, 2.75) is 18.8 Å². The first-order valence-electron chi connectivity index (χ1n) is 7.09. The van der Waals surface area contributed by atoms with Crippen molar-refractivity contribution in [3.8, 4) is 12.3 Å². The molecule has 2 amide bonds. The lowest BCUT2D eigenvalue weighted by Crippen LogP contribution is -2.44. The van der Waals surface area contributed by atoms with Crippen molar-refractivity contribution in [3.63, 3.8) is 0 Å². The van der Waals surface area contributed by atoms with Crippen LogP contribution in [0.3, 0.4) is 0 Å². The molecule has 2 heterocycles. The molecule has 1 aliphatic heterocycles. The van der Waals surface area contributed by atoms with Crippen LogP contribution in [0, 0.1) is 12.3 Å². The largest absolute Gasteiger partial charge is 0.440 e. The Bertz CT molecular complexity index is 645. The highest BCUT2D eigenvalue weighted by atomic mass is 16.3. The molecular formula is C16H17N3O2. The van der Waals surface area contributed by atoms with E-state index in [1.165, 1.54) is 0 Å². The monoisotopic (exact) mass is 283 g/mol. The van der Waals surface area contributed by atoms with Crippen LogP contribution in [0.1, 0.15) is 24.7 Å². The number of benzene rings is 1. The number of para-hydroxylation sites is 2. The van der Waals surface area contributed by atoms with E-state index in [-0.39, 0.29) is 18.5 Å². The molecule has 108 valence electrons. The minimum absolute atomic E-state index is 0.0936. The average Bonchev–Trinajstić information content (AvgIpc) is 2.96. The van der Waals surface area contributed by atoms with Crippen LogP contribution >= 0.6 is 0 Å². The number of piperidine rings is 1. The second-order valence-electron chi connectivity index (χ2n) is 5.14. The van der Waals surface area contributed by atoms with Crippen LogP contribution in [0.25, 0.3) is 11.1 Å². The Balaban J connectivity index is 1.63. The summed E-state index contributed by atoms with van der Waals surface area (Å²) in [6.07, 6.45) is 6.85. The minimum Gasteiger partial charge on any atom is -0.440 e. The Morgan fingerprint density at radius 3 is 2.90 bits per heavy atom. The van der Waals surface area contributed by atoms with Gasteiger partial charge in [0.2, 0.25) is 0 Å². The van der Waals surface area contributed by atoms with Crippen LogP contribution in [0.2, 0.25) is 0 Å². The first kappa shape index (κ1) is 13.5. The normalized spacial score (nSPS) is 15.9. The number of carbonyl (C=O) groups is 1. The van der Waals surface area contributed by atoms with Gasteiger partial charge >= 0.3 is 6.03 Å². The summed E-state index contributed by atoms with van der Waals surface area (Å²) in [5.74, 6) is 3.45. The molecule has 0 aliphatic carbocycles. The predicted molar refractivity (Wildman–Crippen MR) is 79.8 cm³/mol. The van der Waals surface area contributed by atoms with Crippen LogP contribution in [-0.2, 0) is 0 Å². The number of nitrogens with one attached hydrogen (secondary N) is 1. The van der Waals surface area contributed by atoms with Gasteiger partial charge in [0.25, 0.3) is 0 Å². The van der Waals surface area contributed by atoms with Gasteiger partial charge in [-0.05, 0) is 25.0 Å². The summed E-state index contributed by atoms with van der Waals surface area (Å²) in [6.45, 7) is 1.66. The fraction of sp³-hybridized carbons (Fsp3) is 0.375. The lowest BCUT2D eigenvalue weighted by molar-refractivity contribution is 0.179. The third-order valence-corrected chi connectivity index (χ3v) is 3.78. The number of fused-ring (bicyclic) bond motifs is 1. The van der Waals surface area contributed by atoms with Gasteiger partial charge in [-0.1, -0.05) is 18.1 Å². The highest BCUT2D eigenvalue weighted by molar-refractivity contribution is 5.74. The zero-order valence-corrected chi connectivity index (χ0v) is 11.7. The Kier molecular flexibility index (Phi) is 3.78. The zero-order chi connectivity index (χ0) is 14.7. The standard InChI is InChI=1S/C16H17N3O2/c1-2-9-17-16(20)19-10-7-12(8-11-19)15-18-13-5-3-4-6-14(13)21-15/h1,3-6,12H,7-11H2,(H,17,20). The molecule has 2 aromatic rings. The maximum absolute atomic E-state index is 11.8. The van der Waals surface area contributed by atoms with Gasteiger partial charge in [0, 0.05) is 19.0 Å². The first-order chi connectivity index (χ1) is 10.3. The quantitative estimate of drug-likeness (QED) is 0.861. The predicted octanol–water partition coefficient (Wildman–Crippen LogP) is 2.35.